The molecule has 0 saturated heterocycles. The summed E-state index contributed by atoms with van der Waals surface area (Å²) < 4.78 is 5.72. The number of carbonyl (C=O) groups excluding carboxylic acids is 2. The highest BCUT2D eigenvalue weighted by Gasteiger charge is 2.31. The average Bonchev–Trinajstić information content (AvgIpc) is 2.67. The maximum absolute atomic E-state index is 13.2. The summed E-state index contributed by atoms with van der Waals surface area (Å²) in [6.07, 6.45) is 0.518. The van der Waals surface area contributed by atoms with Crippen LogP contribution in [0.4, 0.5) is 0 Å². The summed E-state index contributed by atoms with van der Waals surface area (Å²) in [6.45, 7) is 12.0. The minimum absolute atomic E-state index is 0.117. The van der Waals surface area contributed by atoms with Gasteiger partial charge in [0.25, 0.3) is 5.91 Å². The summed E-state index contributed by atoms with van der Waals surface area (Å²) >= 11 is 0. The molecule has 2 aromatic rings. The Balaban J connectivity index is 2.24. The molecule has 0 saturated carbocycles. The molecule has 0 radical (unpaired) electrons. The van der Waals surface area contributed by atoms with E-state index in [0.717, 1.165) is 16.7 Å². The van der Waals surface area contributed by atoms with E-state index < -0.39 is 6.04 Å². The van der Waals surface area contributed by atoms with Crippen LogP contribution in [0, 0.1) is 13.8 Å². The normalized spacial score (nSPS) is 12.2. The third-order valence-corrected chi connectivity index (χ3v) is 4.87. The molecule has 0 bridgehead atoms. The van der Waals surface area contributed by atoms with Gasteiger partial charge in [-0.2, -0.15) is 0 Å². The van der Waals surface area contributed by atoms with E-state index in [-0.39, 0.29) is 24.0 Å². The van der Waals surface area contributed by atoms with Gasteiger partial charge < -0.3 is 15.0 Å². The SMILES string of the molecule is CC[C@H](C(=O)NC(C)(C)C)N(Cc1ccccc1C)C(=O)COc1ccc(C)cc1. The van der Waals surface area contributed by atoms with Gasteiger partial charge in [-0.25, -0.2) is 0 Å². The minimum atomic E-state index is -0.571. The molecule has 5 nitrogen and oxygen atoms in total. The largest absolute Gasteiger partial charge is 0.484 e. The van der Waals surface area contributed by atoms with Crippen LogP contribution in [-0.2, 0) is 16.1 Å². The Morgan fingerprint density at radius 1 is 1.03 bits per heavy atom. The van der Waals surface area contributed by atoms with Crippen molar-refractivity contribution in [2.75, 3.05) is 6.61 Å². The number of ether oxygens (including phenoxy) is 1. The lowest BCUT2D eigenvalue weighted by atomic mass is 10.0. The first-order valence-corrected chi connectivity index (χ1v) is 10.5. The highest BCUT2D eigenvalue weighted by molar-refractivity contribution is 5.88. The predicted octanol–water partition coefficient (Wildman–Crippen LogP) is 4.40. The molecule has 30 heavy (non-hydrogen) atoms. The molecule has 0 spiro atoms. The van der Waals surface area contributed by atoms with Gasteiger partial charge in [0.15, 0.2) is 6.61 Å². The van der Waals surface area contributed by atoms with E-state index in [1.165, 1.54) is 0 Å². The monoisotopic (exact) mass is 410 g/mol. The molecule has 2 amide bonds. The van der Waals surface area contributed by atoms with Crippen molar-refractivity contribution >= 4 is 11.8 Å². The summed E-state index contributed by atoms with van der Waals surface area (Å²) in [7, 11) is 0. The third-order valence-electron chi connectivity index (χ3n) is 4.87. The quantitative estimate of drug-likeness (QED) is 0.701. The van der Waals surface area contributed by atoms with Crippen molar-refractivity contribution in [1.29, 1.82) is 0 Å². The van der Waals surface area contributed by atoms with Crippen LogP contribution in [0.15, 0.2) is 48.5 Å². The van der Waals surface area contributed by atoms with Crippen molar-refractivity contribution < 1.29 is 14.3 Å². The second kappa shape index (κ2) is 10.3. The number of hydrogen-bond acceptors (Lipinski definition) is 3. The Morgan fingerprint density at radius 2 is 1.67 bits per heavy atom. The van der Waals surface area contributed by atoms with Gasteiger partial charge in [-0.3, -0.25) is 9.59 Å². The predicted molar refractivity (Wildman–Crippen MR) is 120 cm³/mol. The first-order chi connectivity index (χ1) is 14.1. The minimum Gasteiger partial charge on any atom is -0.484 e. The van der Waals surface area contributed by atoms with Crippen molar-refractivity contribution in [3.63, 3.8) is 0 Å². The fraction of sp³-hybridized carbons (Fsp3) is 0.440. The summed E-state index contributed by atoms with van der Waals surface area (Å²) in [5, 5.41) is 3.01. The third kappa shape index (κ3) is 6.90. The van der Waals surface area contributed by atoms with Crippen molar-refractivity contribution in [3.8, 4) is 5.75 Å². The summed E-state index contributed by atoms with van der Waals surface area (Å²) in [5.74, 6) is 0.272. The maximum Gasteiger partial charge on any atom is 0.261 e. The molecule has 1 atom stereocenters. The van der Waals surface area contributed by atoms with Gasteiger partial charge in [0.2, 0.25) is 5.91 Å². The van der Waals surface area contributed by atoms with Crippen LogP contribution in [0.2, 0.25) is 0 Å². The number of nitrogens with zero attached hydrogens (tertiary/aromatic N) is 1. The van der Waals surface area contributed by atoms with Gasteiger partial charge in [-0.05, 0) is 64.3 Å². The molecule has 0 aliphatic rings. The van der Waals surface area contributed by atoms with Gasteiger partial charge in [-0.1, -0.05) is 48.9 Å². The van der Waals surface area contributed by atoms with E-state index >= 15 is 0 Å². The molecule has 0 aliphatic heterocycles. The maximum atomic E-state index is 13.2. The molecule has 0 fully saturated rings. The molecule has 2 rings (SSSR count). The molecule has 0 aromatic heterocycles. The standard InChI is InChI=1S/C25H34N2O3/c1-7-22(24(29)26-25(4,5)6)27(16-20-11-9-8-10-19(20)3)23(28)17-30-21-14-12-18(2)13-15-21/h8-15,22H,7,16-17H2,1-6H3,(H,26,29)/t22-/m1/s1. The van der Waals surface area contributed by atoms with Crippen LogP contribution >= 0.6 is 0 Å². The molecule has 1 N–H and O–H groups in total. The van der Waals surface area contributed by atoms with Gasteiger partial charge in [-0.15, -0.1) is 0 Å². The van der Waals surface area contributed by atoms with Crippen LogP contribution in [-0.4, -0.2) is 34.9 Å². The van der Waals surface area contributed by atoms with Crippen LogP contribution in [0.1, 0.15) is 50.8 Å². The van der Waals surface area contributed by atoms with E-state index in [1.54, 1.807) is 4.90 Å². The number of aryl methyl sites for hydroxylation is 2. The zero-order valence-corrected chi connectivity index (χ0v) is 19.0. The molecule has 5 heteroatoms. The number of benzene rings is 2. The Labute approximate surface area is 180 Å². The van der Waals surface area contributed by atoms with E-state index in [2.05, 4.69) is 5.32 Å². The van der Waals surface area contributed by atoms with Crippen molar-refractivity contribution in [2.45, 2.75) is 66.1 Å². The van der Waals surface area contributed by atoms with E-state index in [9.17, 15) is 9.59 Å². The second-order valence-corrected chi connectivity index (χ2v) is 8.71. The zero-order valence-electron chi connectivity index (χ0n) is 19.0. The average molecular weight is 411 g/mol. The van der Waals surface area contributed by atoms with Crippen LogP contribution in [0.25, 0.3) is 0 Å². The molecular weight excluding hydrogens is 376 g/mol. The first kappa shape index (κ1) is 23.5. The van der Waals surface area contributed by atoms with E-state index in [4.69, 9.17) is 4.74 Å². The van der Waals surface area contributed by atoms with Gasteiger partial charge >= 0.3 is 0 Å². The molecule has 162 valence electrons. The Bertz CT molecular complexity index is 853. The number of amides is 2. The van der Waals surface area contributed by atoms with Crippen LogP contribution < -0.4 is 10.1 Å². The lowest BCUT2D eigenvalue weighted by Gasteiger charge is -2.33. The lowest BCUT2D eigenvalue weighted by Crippen LogP contribution is -2.54. The van der Waals surface area contributed by atoms with E-state index in [1.807, 2.05) is 90.1 Å². The number of nitrogens with one attached hydrogen (secondary N) is 1. The van der Waals surface area contributed by atoms with Gasteiger partial charge in [0, 0.05) is 12.1 Å². The Hall–Kier alpha value is -2.82. The van der Waals surface area contributed by atoms with Crippen LogP contribution in [0.5, 0.6) is 5.75 Å². The Morgan fingerprint density at radius 3 is 2.23 bits per heavy atom. The fourth-order valence-electron chi connectivity index (χ4n) is 3.21. The van der Waals surface area contributed by atoms with Gasteiger partial charge in [0.05, 0.1) is 0 Å². The van der Waals surface area contributed by atoms with E-state index in [0.29, 0.717) is 18.7 Å². The van der Waals surface area contributed by atoms with Gasteiger partial charge in [0.1, 0.15) is 11.8 Å². The number of carbonyl (C=O) groups is 2. The van der Waals surface area contributed by atoms with Crippen molar-refractivity contribution in [3.05, 3.63) is 65.2 Å². The molecular formula is C25H34N2O3. The Kier molecular flexibility index (Phi) is 8.04. The molecule has 0 aliphatic carbocycles. The highest BCUT2D eigenvalue weighted by atomic mass is 16.5. The molecule has 2 aromatic carbocycles. The highest BCUT2D eigenvalue weighted by Crippen LogP contribution is 2.17. The van der Waals surface area contributed by atoms with Crippen molar-refractivity contribution in [2.24, 2.45) is 0 Å². The topological polar surface area (TPSA) is 58.6 Å². The lowest BCUT2D eigenvalue weighted by molar-refractivity contribution is -0.143. The zero-order chi connectivity index (χ0) is 22.3. The summed E-state index contributed by atoms with van der Waals surface area (Å²) in [5.41, 5.74) is 2.85. The summed E-state index contributed by atoms with van der Waals surface area (Å²) in [4.78, 5) is 27.8. The van der Waals surface area contributed by atoms with Crippen LogP contribution in [0.3, 0.4) is 0 Å². The molecule has 0 unspecified atom stereocenters. The fourth-order valence-corrected chi connectivity index (χ4v) is 3.21. The second-order valence-electron chi connectivity index (χ2n) is 8.71. The number of hydrogen-bond donors (Lipinski definition) is 1. The first-order valence-electron chi connectivity index (χ1n) is 10.5. The summed E-state index contributed by atoms with van der Waals surface area (Å²) in [6, 6.07) is 14.9. The smallest absolute Gasteiger partial charge is 0.261 e. The van der Waals surface area contributed by atoms with Crippen molar-refractivity contribution in [1.82, 2.24) is 10.2 Å². The number of rotatable bonds is 8. The molecule has 0 heterocycles.